The van der Waals surface area contributed by atoms with E-state index in [4.69, 9.17) is 0 Å². The summed E-state index contributed by atoms with van der Waals surface area (Å²) >= 11 is 0. The molecule has 0 saturated heterocycles. The van der Waals surface area contributed by atoms with Crippen molar-refractivity contribution < 1.29 is 10.2 Å². The molecule has 0 aliphatic carbocycles. The Morgan fingerprint density at radius 3 is 1.16 bits per heavy atom. The quantitative estimate of drug-likeness (QED) is 0.188. The van der Waals surface area contributed by atoms with Gasteiger partial charge in [-0.25, -0.2) is 0 Å². The number of unbranched alkanes of at least 4 members (excludes halogenated alkanes) is 2. The predicted molar refractivity (Wildman–Crippen MR) is 140 cm³/mol. The van der Waals surface area contributed by atoms with Crippen LogP contribution < -0.4 is 0 Å². The minimum atomic E-state index is -1.02. The van der Waals surface area contributed by atoms with Gasteiger partial charge >= 0.3 is 0 Å². The Morgan fingerprint density at radius 2 is 0.844 bits per heavy atom. The van der Waals surface area contributed by atoms with Crippen molar-refractivity contribution in [3.8, 4) is 23.7 Å². The largest absolute Gasteiger partial charge is 0.378 e. The van der Waals surface area contributed by atoms with E-state index < -0.39 is 11.2 Å². The third-order valence-electron chi connectivity index (χ3n) is 6.43. The van der Waals surface area contributed by atoms with E-state index in [1.807, 2.05) is 0 Å². The first kappa shape index (κ1) is 31.0. The van der Waals surface area contributed by atoms with Crippen molar-refractivity contribution >= 4 is 0 Å². The van der Waals surface area contributed by atoms with E-state index in [1.165, 1.54) is 51.4 Å². The molecule has 2 heteroatoms. The normalized spacial score (nSPS) is 17.0. The number of rotatable bonds is 16. The van der Waals surface area contributed by atoms with Gasteiger partial charge in [-0.1, -0.05) is 105 Å². The summed E-state index contributed by atoms with van der Waals surface area (Å²) in [6, 6.07) is 0. The fourth-order valence-corrected chi connectivity index (χ4v) is 3.89. The molecule has 0 radical (unpaired) electrons. The molecule has 0 bridgehead atoms. The van der Waals surface area contributed by atoms with E-state index >= 15 is 0 Å². The van der Waals surface area contributed by atoms with Crippen molar-refractivity contribution in [3.05, 3.63) is 0 Å². The van der Waals surface area contributed by atoms with E-state index in [9.17, 15) is 10.2 Å². The summed E-state index contributed by atoms with van der Waals surface area (Å²) in [6.07, 6.45) is 13.4. The molecule has 0 saturated carbocycles. The second-order valence-electron chi connectivity index (χ2n) is 11.7. The van der Waals surface area contributed by atoms with E-state index in [0.717, 1.165) is 24.7 Å². The van der Waals surface area contributed by atoms with Gasteiger partial charge < -0.3 is 10.2 Å². The Hall–Kier alpha value is -0.960. The minimum Gasteiger partial charge on any atom is -0.378 e. The van der Waals surface area contributed by atoms with Crippen LogP contribution in [0, 0.1) is 47.4 Å². The summed E-state index contributed by atoms with van der Waals surface area (Å²) < 4.78 is 0. The summed E-state index contributed by atoms with van der Waals surface area (Å²) in [5, 5.41) is 21.1. The van der Waals surface area contributed by atoms with E-state index in [-0.39, 0.29) is 0 Å². The predicted octanol–water partition coefficient (Wildman–Crippen LogP) is 7.76. The summed E-state index contributed by atoms with van der Waals surface area (Å²) in [7, 11) is 0. The van der Waals surface area contributed by atoms with Crippen molar-refractivity contribution in [3.63, 3.8) is 0 Å². The SMILES string of the molecule is CC(C)CCCCC(C)CCC(C)(O)C#CC#CC(C)(O)CCC(C)CCCCC(C)C. The molecule has 0 aromatic carbocycles. The van der Waals surface area contributed by atoms with Crippen LogP contribution in [0.3, 0.4) is 0 Å². The van der Waals surface area contributed by atoms with E-state index in [1.54, 1.807) is 13.8 Å². The maximum atomic E-state index is 10.5. The fraction of sp³-hybridized carbons (Fsp3) is 0.867. The van der Waals surface area contributed by atoms with Gasteiger partial charge in [-0.15, -0.1) is 0 Å². The summed E-state index contributed by atoms with van der Waals surface area (Å²) in [6.45, 7) is 17.2. The molecule has 0 heterocycles. The zero-order valence-electron chi connectivity index (χ0n) is 22.7. The van der Waals surface area contributed by atoms with Crippen LogP contribution in [-0.2, 0) is 0 Å². The van der Waals surface area contributed by atoms with Gasteiger partial charge in [0.05, 0.1) is 0 Å². The van der Waals surface area contributed by atoms with Crippen molar-refractivity contribution in [2.24, 2.45) is 23.7 Å². The molecule has 0 aromatic rings. The van der Waals surface area contributed by atoms with Crippen molar-refractivity contribution in [1.29, 1.82) is 0 Å². The third-order valence-corrected chi connectivity index (χ3v) is 6.43. The van der Waals surface area contributed by atoms with Gasteiger partial charge in [0.1, 0.15) is 11.2 Å². The molecule has 4 unspecified atom stereocenters. The van der Waals surface area contributed by atoms with Gasteiger partial charge in [-0.2, -0.15) is 0 Å². The van der Waals surface area contributed by atoms with Gasteiger partial charge in [-0.05, 0) is 75.0 Å². The fourth-order valence-electron chi connectivity index (χ4n) is 3.89. The number of hydrogen-bond acceptors (Lipinski definition) is 2. The van der Waals surface area contributed by atoms with Gasteiger partial charge in [0.25, 0.3) is 0 Å². The maximum Gasteiger partial charge on any atom is 0.123 e. The Labute approximate surface area is 201 Å². The van der Waals surface area contributed by atoms with Gasteiger partial charge in [0.15, 0.2) is 0 Å². The topological polar surface area (TPSA) is 40.5 Å². The Balaban J connectivity index is 4.30. The van der Waals surface area contributed by atoms with Crippen molar-refractivity contribution in [2.45, 2.75) is 144 Å². The molecule has 0 aliphatic heterocycles. The molecule has 0 aromatic heterocycles. The van der Waals surface area contributed by atoms with Crippen LogP contribution in [-0.4, -0.2) is 21.4 Å². The van der Waals surface area contributed by atoms with Crippen LogP contribution in [0.15, 0.2) is 0 Å². The third kappa shape index (κ3) is 19.7. The second-order valence-corrected chi connectivity index (χ2v) is 11.7. The lowest BCUT2D eigenvalue weighted by Gasteiger charge is -2.19. The molecular weight excluding hydrogens is 392 g/mol. The summed E-state index contributed by atoms with van der Waals surface area (Å²) in [5.74, 6) is 14.2. The van der Waals surface area contributed by atoms with Crippen molar-refractivity contribution in [1.82, 2.24) is 0 Å². The van der Waals surface area contributed by atoms with Crippen LogP contribution in [0.5, 0.6) is 0 Å². The summed E-state index contributed by atoms with van der Waals surface area (Å²) in [4.78, 5) is 0. The molecule has 0 fully saturated rings. The zero-order chi connectivity index (χ0) is 24.6. The highest BCUT2D eigenvalue weighted by Crippen LogP contribution is 2.22. The van der Waals surface area contributed by atoms with Crippen LogP contribution >= 0.6 is 0 Å². The van der Waals surface area contributed by atoms with Crippen LogP contribution in [0.25, 0.3) is 0 Å². The molecule has 0 amide bonds. The smallest absolute Gasteiger partial charge is 0.123 e. The highest BCUT2D eigenvalue weighted by molar-refractivity contribution is 5.32. The number of hydrogen-bond donors (Lipinski definition) is 2. The van der Waals surface area contributed by atoms with Gasteiger partial charge in [-0.3, -0.25) is 0 Å². The lowest BCUT2D eigenvalue weighted by atomic mass is 9.91. The Kier molecular flexibility index (Phi) is 16.1. The first-order valence-corrected chi connectivity index (χ1v) is 13.3. The van der Waals surface area contributed by atoms with Gasteiger partial charge in [0, 0.05) is 0 Å². The molecule has 0 aliphatic rings. The minimum absolute atomic E-state index is 0.606. The first-order chi connectivity index (χ1) is 14.8. The van der Waals surface area contributed by atoms with E-state index in [0.29, 0.717) is 24.7 Å². The van der Waals surface area contributed by atoms with Crippen LogP contribution in [0.2, 0.25) is 0 Å². The molecule has 0 rings (SSSR count). The zero-order valence-corrected chi connectivity index (χ0v) is 22.7. The number of aliphatic hydroxyl groups is 2. The maximum absolute atomic E-state index is 10.5. The average Bonchev–Trinajstić information content (AvgIpc) is 2.69. The second kappa shape index (κ2) is 16.6. The Bertz CT molecular complexity index is 538. The van der Waals surface area contributed by atoms with Crippen molar-refractivity contribution in [2.75, 3.05) is 0 Å². The molecular formula is C30H54O2. The first-order valence-electron chi connectivity index (χ1n) is 13.3. The highest BCUT2D eigenvalue weighted by atomic mass is 16.3. The molecule has 4 atom stereocenters. The molecule has 32 heavy (non-hydrogen) atoms. The molecule has 0 spiro atoms. The monoisotopic (exact) mass is 446 g/mol. The average molecular weight is 447 g/mol. The molecule has 2 nitrogen and oxygen atoms in total. The Morgan fingerprint density at radius 1 is 0.531 bits per heavy atom. The van der Waals surface area contributed by atoms with E-state index in [2.05, 4.69) is 65.2 Å². The van der Waals surface area contributed by atoms with Crippen LogP contribution in [0.1, 0.15) is 132 Å². The lowest BCUT2D eigenvalue weighted by Crippen LogP contribution is -2.23. The molecule has 186 valence electrons. The summed E-state index contributed by atoms with van der Waals surface area (Å²) in [5.41, 5.74) is -2.03. The van der Waals surface area contributed by atoms with Crippen LogP contribution in [0.4, 0.5) is 0 Å². The standard InChI is InChI=1S/C30H54O2/c1-25(2)15-9-11-17-27(5)19-23-29(7,31)21-13-14-22-30(8,32)24-20-28(6)18-12-10-16-26(3)4/h25-28,31-32H,9-12,15-20,23-24H2,1-8H3. The van der Waals surface area contributed by atoms with Gasteiger partial charge in [0.2, 0.25) is 0 Å². The lowest BCUT2D eigenvalue weighted by molar-refractivity contribution is 0.103. The highest BCUT2D eigenvalue weighted by Gasteiger charge is 2.19. The molecule has 2 N–H and O–H groups in total.